The molecule has 2 amide bonds. The van der Waals surface area contributed by atoms with Crippen molar-refractivity contribution in [3.05, 3.63) is 12.3 Å². The highest BCUT2D eigenvalue weighted by atomic mass is 16.5. The minimum atomic E-state index is -0.434. The lowest BCUT2D eigenvalue weighted by Gasteiger charge is -2.32. The van der Waals surface area contributed by atoms with Crippen LogP contribution in [0.5, 0.6) is 0 Å². The number of aromatic nitrogens is 2. The molecule has 0 spiro atoms. The number of piperidine rings is 1. The predicted molar refractivity (Wildman–Crippen MR) is 76.4 cm³/mol. The van der Waals surface area contributed by atoms with Crippen LogP contribution in [0.15, 0.2) is 12.3 Å². The Morgan fingerprint density at radius 2 is 2.38 bits per heavy atom. The number of anilines is 1. The van der Waals surface area contributed by atoms with Crippen LogP contribution in [0.25, 0.3) is 0 Å². The van der Waals surface area contributed by atoms with E-state index in [1.165, 1.54) is 4.68 Å². The van der Waals surface area contributed by atoms with Gasteiger partial charge in [0.1, 0.15) is 12.4 Å². The van der Waals surface area contributed by atoms with E-state index in [-0.39, 0.29) is 18.5 Å². The van der Waals surface area contributed by atoms with Crippen LogP contribution >= 0.6 is 0 Å². The fraction of sp³-hybridized carbons (Fsp3) is 0.615. The molecular weight excluding hydrogens is 274 g/mol. The summed E-state index contributed by atoms with van der Waals surface area (Å²) in [6.45, 7) is 3.43. The number of nitrogen functional groups attached to an aromatic ring is 1. The molecule has 0 aromatic carbocycles. The number of ether oxygens (including phenoxy) is 1. The Labute approximate surface area is 123 Å². The minimum absolute atomic E-state index is 0.0338. The molecule has 0 bridgehead atoms. The molecule has 0 aliphatic carbocycles. The number of nitrogens with two attached hydrogens (primary N) is 1. The van der Waals surface area contributed by atoms with Crippen LogP contribution in [0, 0.1) is 0 Å². The number of alkyl carbamates (subject to hydrolysis) is 1. The van der Waals surface area contributed by atoms with Gasteiger partial charge < -0.3 is 20.7 Å². The minimum Gasteiger partial charge on any atom is -0.450 e. The fourth-order valence-electron chi connectivity index (χ4n) is 2.36. The second-order valence-corrected chi connectivity index (χ2v) is 4.98. The van der Waals surface area contributed by atoms with Crippen molar-refractivity contribution in [3.63, 3.8) is 0 Å². The Bertz CT molecular complexity index is 502. The third kappa shape index (κ3) is 4.37. The van der Waals surface area contributed by atoms with Crippen molar-refractivity contribution >= 4 is 17.8 Å². The van der Waals surface area contributed by atoms with E-state index in [2.05, 4.69) is 10.4 Å². The van der Waals surface area contributed by atoms with E-state index >= 15 is 0 Å². The van der Waals surface area contributed by atoms with Gasteiger partial charge in [-0.3, -0.25) is 9.48 Å². The molecule has 1 aromatic heterocycles. The molecule has 1 aliphatic heterocycles. The van der Waals surface area contributed by atoms with Gasteiger partial charge in [-0.05, 0) is 25.8 Å². The quantitative estimate of drug-likeness (QED) is 0.826. The number of carbonyl (C=O) groups excluding carboxylic acids is 2. The maximum Gasteiger partial charge on any atom is 0.407 e. The van der Waals surface area contributed by atoms with Gasteiger partial charge in [0.2, 0.25) is 5.91 Å². The Balaban J connectivity index is 1.85. The molecule has 2 rings (SSSR count). The summed E-state index contributed by atoms with van der Waals surface area (Å²) >= 11 is 0. The Kier molecular flexibility index (Phi) is 5.02. The van der Waals surface area contributed by atoms with Crippen molar-refractivity contribution < 1.29 is 14.3 Å². The number of hydrogen-bond acceptors (Lipinski definition) is 5. The zero-order chi connectivity index (χ0) is 15.2. The first kappa shape index (κ1) is 15.1. The third-order valence-electron chi connectivity index (χ3n) is 3.33. The normalized spacial score (nSPS) is 18.3. The van der Waals surface area contributed by atoms with Gasteiger partial charge in [-0.2, -0.15) is 5.10 Å². The van der Waals surface area contributed by atoms with E-state index in [9.17, 15) is 9.59 Å². The maximum atomic E-state index is 12.2. The van der Waals surface area contributed by atoms with Gasteiger partial charge in [-0.1, -0.05) is 0 Å². The van der Waals surface area contributed by atoms with Crippen LogP contribution in [0.1, 0.15) is 19.8 Å². The maximum absolute atomic E-state index is 12.2. The molecule has 1 aromatic rings. The molecule has 1 fully saturated rings. The highest BCUT2D eigenvalue weighted by molar-refractivity contribution is 5.76. The van der Waals surface area contributed by atoms with Crippen molar-refractivity contribution in [2.24, 2.45) is 0 Å². The molecule has 21 heavy (non-hydrogen) atoms. The third-order valence-corrected chi connectivity index (χ3v) is 3.33. The second-order valence-electron chi connectivity index (χ2n) is 4.98. The number of nitrogens with one attached hydrogen (secondary N) is 1. The van der Waals surface area contributed by atoms with E-state index < -0.39 is 6.09 Å². The molecular formula is C13H21N5O3. The molecule has 1 atom stereocenters. The van der Waals surface area contributed by atoms with Crippen molar-refractivity contribution in [3.8, 4) is 0 Å². The van der Waals surface area contributed by atoms with Gasteiger partial charge in [0.25, 0.3) is 0 Å². The molecule has 0 radical (unpaired) electrons. The monoisotopic (exact) mass is 295 g/mol. The summed E-state index contributed by atoms with van der Waals surface area (Å²) in [7, 11) is 0. The number of carbonyl (C=O) groups is 2. The molecule has 2 heterocycles. The van der Waals surface area contributed by atoms with Crippen molar-refractivity contribution in [1.82, 2.24) is 20.0 Å². The standard InChI is InChI=1S/C13H21N5O3/c1-2-21-13(20)15-10-4-3-6-17(8-10)12(19)9-18-7-5-11(14)16-18/h5,7,10H,2-4,6,8-9H2,1H3,(H2,14,16)(H,15,20). The second kappa shape index (κ2) is 6.96. The van der Waals surface area contributed by atoms with Crippen molar-refractivity contribution in [2.45, 2.75) is 32.4 Å². The SMILES string of the molecule is CCOC(=O)NC1CCCN(C(=O)Cn2ccc(N)n2)C1. The predicted octanol–water partition coefficient (Wildman–Crippen LogP) is 0.202. The van der Waals surface area contributed by atoms with Gasteiger partial charge in [-0.15, -0.1) is 0 Å². The summed E-state index contributed by atoms with van der Waals surface area (Å²) in [4.78, 5) is 25.4. The van der Waals surface area contributed by atoms with Crippen LogP contribution < -0.4 is 11.1 Å². The largest absolute Gasteiger partial charge is 0.450 e. The zero-order valence-corrected chi connectivity index (χ0v) is 12.1. The summed E-state index contributed by atoms with van der Waals surface area (Å²) in [5.41, 5.74) is 5.52. The molecule has 1 unspecified atom stereocenters. The molecule has 1 saturated heterocycles. The van der Waals surface area contributed by atoms with Gasteiger partial charge in [0.05, 0.1) is 6.61 Å². The number of rotatable bonds is 4. The molecule has 0 saturated carbocycles. The average molecular weight is 295 g/mol. The summed E-state index contributed by atoms with van der Waals surface area (Å²) in [5, 5.41) is 6.77. The van der Waals surface area contributed by atoms with Crippen molar-refractivity contribution in [1.29, 1.82) is 0 Å². The van der Waals surface area contributed by atoms with Gasteiger partial charge in [-0.25, -0.2) is 4.79 Å². The van der Waals surface area contributed by atoms with E-state index in [1.54, 1.807) is 24.1 Å². The lowest BCUT2D eigenvalue weighted by Crippen LogP contribution is -2.50. The van der Waals surface area contributed by atoms with E-state index in [0.29, 0.717) is 25.5 Å². The van der Waals surface area contributed by atoms with Gasteiger partial charge in [0.15, 0.2) is 0 Å². The molecule has 3 N–H and O–H groups in total. The number of nitrogens with zero attached hydrogens (tertiary/aromatic N) is 3. The van der Waals surface area contributed by atoms with Crippen LogP contribution in [-0.2, 0) is 16.1 Å². The summed E-state index contributed by atoms with van der Waals surface area (Å²) < 4.78 is 6.37. The van der Waals surface area contributed by atoms with Crippen LogP contribution in [0.4, 0.5) is 10.6 Å². The number of amides is 2. The van der Waals surface area contributed by atoms with Gasteiger partial charge >= 0.3 is 6.09 Å². The Hall–Kier alpha value is -2.25. The first-order chi connectivity index (χ1) is 10.1. The first-order valence-corrected chi connectivity index (χ1v) is 7.08. The first-order valence-electron chi connectivity index (χ1n) is 7.08. The molecule has 8 nitrogen and oxygen atoms in total. The lowest BCUT2D eigenvalue weighted by atomic mass is 10.1. The highest BCUT2D eigenvalue weighted by Gasteiger charge is 2.25. The van der Waals surface area contributed by atoms with Crippen LogP contribution in [-0.4, -0.2) is 52.4 Å². The van der Waals surface area contributed by atoms with E-state index in [1.807, 2.05) is 0 Å². The Morgan fingerprint density at radius 3 is 3.05 bits per heavy atom. The molecule has 8 heteroatoms. The van der Waals surface area contributed by atoms with Crippen LogP contribution in [0.3, 0.4) is 0 Å². The van der Waals surface area contributed by atoms with Gasteiger partial charge in [0, 0.05) is 25.3 Å². The summed E-state index contributed by atoms with van der Waals surface area (Å²) in [6.07, 6.45) is 2.93. The summed E-state index contributed by atoms with van der Waals surface area (Å²) in [5.74, 6) is 0.358. The highest BCUT2D eigenvalue weighted by Crippen LogP contribution is 2.11. The van der Waals surface area contributed by atoms with E-state index in [0.717, 1.165) is 12.8 Å². The number of hydrogen-bond donors (Lipinski definition) is 2. The number of likely N-dealkylation sites (tertiary alicyclic amines) is 1. The smallest absolute Gasteiger partial charge is 0.407 e. The molecule has 1 aliphatic rings. The average Bonchev–Trinajstić information content (AvgIpc) is 2.84. The lowest BCUT2D eigenvalue weighted by molar-refractivity contribution is -0.133. The zero-order valence-electron chi connectivity index (χ0n) is 12.1. The van der Waals surface area contributed by atoms with Crippen molar-refractivity contribution in [2.75, 3.05) is 25.4 Å². The molecule has 116 valence electrons. The summed E-state index contributed by atoms with van der Waals surface area (Å²) in [6, 6.07) is 1.58. The topological polar surface area (TPSA) is 102 Å². The Morgan fingerprint density at radius 1 is 1.57 bits per heavy atom. The fourth-order valence-corrected chi connectivity index (χ4v) is 2.36. The van der Waals surface area contributed by atoms with Crippen LogP contribution in [0.2, 0.25) is 0 Å². The van der Waals surface area contributed by atoms with E-state index in [4.69, 9.17) is 10.5 Å².